The molecular weight excluding hydrogens is 370 g/mol. The predicted octanol–water partition coefficient (Wildman–Crippen LogP) is 4.05. The molecule has 0 N–H and O–H groups in total. The fourth-order valence-corrected chi connectivity index (χ4v) is 3.57. The SMILES string of the molecule is O=C1/C(=C/c2ccc(Cl)c([N+](=O)[O-])c2)SC(=S)N1c1cccnc1. The molecule has 1 aliphatic rings. The van der Waals surface area contributed by atoms with Crippen LogP contribution in [0.5, 0.6) is 0 Å². The number of nitro benzene ring substituents is 1. The highest BCUT2D eigenvalue weighted by Gasteiger charge is 2.33. The van der Waals surface area contributed by atoms with Crippen LogP contribution < -0.4 is 4.90 Å². The van der Waals surface area contributed by atoms with E-state index >= 15 is 0 Å². The van der Waals surface area contributed by atoms with Crippen molar-refractivity contribution in [1.29, 1.82) is 0 Å². The van der Waals surface area contributed by atoms with Gasteiger partial charge in [0.2, 0.25) is 0 Å². The molecule has 1 fully saturated rings. The van der Waals surface area contributed by atoms with Crippen LogP contribution in [0.2, 0.25) is 5.02 Å². The molecule has 0 aliphatic carbocycles. The highest BCUT2D eigenvalue weighted by Crippen LogP contribution is 2.36. The third-order valence-corrected chi connectivity index (χ3v) is 4.78. The Bertz CT molecular complexity index is 887. The van der Waals surface area contributed by atoms with E-state index in [1.807, 2.05) is 0 Å². The van der Waals surface area contributed by atoms with E-state index in [-0.39, 0.29) is 16.6 Å². The Morgan fingerprint density at radius 3 is 2.83 bits per heavy atom. The fourth-order valence-electron chi connectivity index (χ4n) is 2.09. The number of hydrogen-bond donors (Lipinski definition) is 0. The summed E-state index contributed by atoms with van der Waals surface area (Å²) in [5.41, 5.74) is 0.858. The Hall–Kier alpha value is -2.29. The minimum absolute atomic E-state index is 0.0417. The Kier molecular flexibility index (Phi) is 4.61. The minimum atomic E-state index is -0.569. The number of pyridine rings is 1. The van der Waals surface area contributed by atoms with Crippen molar-refractivity contribution in [2.45, 2.75) is 0 Å². The van der Waals surface area contributed by atoms with Crippen LogP contribution >= 0.6 is 35.6 Å². The Balaban J connectivity index is 1.95. The number of carbonyl (C=O) groups is 1. The van der Waals surface area contributed by atoms with Crippen molar-refractivity contribution in [2.24, 2.45) is 0 Å². The number of thioether (sulfide) groups is 1. The van der Waals surface area contributed by atoms with E-state index in [1.54, 1.807) is 36.7 Å². The Morgan fingerprint density at radius 1 is 1.38 bits per heavy atom. The first-order valence-corrected chi connectivity index (χ1v) is 8.19. The van der Waals surface area contributed by atoms with Gasteiger partial charge in [-0.3, -0.25) is 24.8 Å². The zero-order valence-corrected chi connectivity index (χ0v) is 14.3. The monoisotopic (exact) mass is 377 g/mol. The van der Waals surface area contributed by atoms with E-state index < -0.39 is 4.92 Å². The van der Waals surface area contributed by atoms with Gasteiger partial charge in [0.05, 0.1) is 21.7 Å². The third kappa shape index (κ3) is 3.16. The van der Waals surface area contributed by atoms with Crippen LogP contribution in [-0.4, -0.2) is 20.1 Å². The summed E-state index contributed by atoms with van der Waals surface area (Å²) >= 11 is 12.2. The molecule has 0 spiro atoms. The smallest absolute Gasteiger partial charge is 0.268 e. The molecule has 0 unspecified atom stereocenters. The van der Waals surface area contributed by atoms with Gasteiger partial charge in [-0.2, -0.15) is 0 Å². The zero-order chi connectivity index (χ0) is 17.3. The number of aromatic nitrogens is 1. The maximum absolute atomic E-state index is 12.6. The molecule has 0 atom stereocenters. The fraction of sp³-hybridized carbons (Fsp3) is 0. The maximum atomic E-state index is 12.6. The van der Waals surface area contributed by atoms with Crippen LogP contribution in [0, 0.1) is 10.1 Å². The van der Waals surface area contributed by atoms with E-state index in [4.69, 9.17) is 23.8 Å². The van der Waals surface area contributed by atoms with Crippen molar-refractivity contribution in [3.8, 4) is 0 Å². The van der Waals surface area contributed by atoms with Crippen molar-refractivity contribution in [3.63, 3.8) is 0 Å². The third-order valence-electron chi connectivity index (χ3n) is 3.16. The van der Waals surface area contributed by atoms with Crippen LogP contribution in [0.1, 0.15) is 5.56 Å². The number of halogens is 1. The zero-order valence-electron chi connectivity index (χ0n) is 11.9. The van der Waals surface area contributed by atoms with Gasteiger partial charge in [0, 0.05) is 12.3 Å². The van der Waals surface area contributed by atoms with Crippen LogP contribution in [0.25, 0.3) is 6.08 Å². The van der Waals surface area contributed by atoms with Gasteiger partial charge in [-0.1, -0.05) is 41.6 Å². The number of thiocarbonyl (C=S) groups is 1. The number of nitro groups is 1. The number of anilines is 1. The molecule has 2 heterocycles. The van der Waals surface area contributed by atoms with Gasteiger partial charge in [0.1, 0.15) is 5.02 Å². The second kappa shape index (κ2) is 6.68. The van der Waals surface area contributed by atoms with Gasteiger partial charge >= 0.3 is 0 Å². The number of benzene rings is 1. The average Bonchev–Trinajstić information content (AvgIpc) is 2.83. The minimum Gasteiger partial charge on any atom is -0.268 e. The van der Waals surface area contributed by atoms with Gasteiger partial charge in [-0.05, 0) is 29.8 Å². The molecule has 1 aliphatic heterocycles. The predicted molar refractivity (Wildman–Crippen MR) is 98.0 cm³/mol. The lowest BCUT2D eigenvalue weighted by atomic mass is 10.2. The van der Waals surface area contributed by atoms with Crippen LogP contribution in [0.3, 0.4) is 0 Å². The molecule has 6 nitrogen and oxygen atoms in total. The molecule has 0 bridgehead atoms. The second-order valence-corrected chi connectivity index (χ2v) is 6.78. The van der Waals surface area contributed by atoms with Crippen LogP contribution in [0.15, 0.2) is 47.6 Å². The number of nitrogens with zero attached hydrogens (tertiary/aromatic N) is 3. The average molecular weight is 378 g/mol. The van der Waals surface area contributed by atoms with Crippen molar-refractivity contribution in [2.75, 3.05) is 4.90 Å². The molecule has 1 amide bonds. The molecule has 0 radical (unpaired) electrons. The summed E-state index contributed by atoms with van der Waals surface area (Å²) in [5, 5.41) is 11.0. The van der Waals surface area contributed by atoms with Crippen molar-refractivity contribution < 1.29 is 9.72 Å². The summed E-state index contributed by atoms with van der Waals surface area (Å²) in [6, 6.07) is 7.78. The lowest BCUT2D eigenvalue weighted by Crippen LogP contribution is -2.27. The molecule has 1 saturated heterocycles. The molecule has 120 valence electrons. The van der Waals surface area contributed by atoms with Crippen molar-refractivity contribution >= 4 is 63.3 Å². The summed E-state index contributed by atoms with van der Waals surface area (Å²) in [6.45, 7) is 0. The second-order valence-electron chi connectivity index (χ2n) is 4.70. The van der Waals surface area contributed by atoms with E-state index in [0.29, 0.717) is 20.5 Å². The first kappa shape index (κ1) is 16.6. The van der Waals surface area contributed by atoms with Gasteiger partial charge < -0.3 is 0 Å². The van der Waals surface area contributed by atoms with Crippen molar-refractivity contribution in [3.05, 3.63) is 68.3 Å². The van der Waals surface area contributed by atoms with Gasteiger partial charge in [0.25, 0.3) is 11.6 Å². The first-order valence-electron chi connectivity index (χ1n) is 6.59. The van der Waals surface area contributed by atoms with E-state index in [0.717, 1.165) is 11.8 Å². The van der Waals surface area contributed by atoms with Crippen molar-refractivity contribution in [1.82, 2.24) is 4.98 Å². The summed E-state index contributed by atoms with van der Waals surface area (Å²) in [7, 11) is 0. The van der Waals surface area contributed by atoms with Crippen LogP contribution in [-0.2, 0) is 4.79 Å². The molecule has 1 aromatic carbocycles. The molecule has 3 rings (SSSR count). The van der Waals surface area contributed by atoms with Gasteiger partial charge in [-0.15, -0.1) is 0 Å². The summed E-state index contributed by atoms with van der Waals surface area (Å²) in [6.07, 6.45) is 4.70. The van der Waals surface area contributed by atoms with E-state index in [9.17, 15) is 14.9 Å². The van der Waals surface area contributed by atoms with Gasteiger partial charge in [0.15, 0.2) is 4.32 Å². The first-order chi connectivity index (χ1) is 11.5. The standard InChI is InChI=1S/C15H8ClN3O3S2/c16-11-4-3-9(6-12(11)19(21)22)7-13-14(20)18(15(23)24-13)10-2-1-5-17-8-10/h1-8H/b13-7-. The molecule has 24 heavy (non-hydrogen) atoms. The topological polar surface area (TPSA) is 76.3 Å². The largest absolute Gasteiger partial charge is 0.288 e. The normalized spacial score (nSPS) is 16.0. The lowest BCUT2D eigenvalue weighted by molar-refractivity contribution is -0.384. The highest BCUT2D eigenvalue weighted by atomic mass is 35.5. The lowest BCUT2D eigenvalue weighted by Gasteiger charge is -2.13. The summed E-state index contributed by atoms with van der Waals surface area (Å²) < 4.78 is 0.378. The maximum Gasteiger partial charge on any atom is 0.288 e. The summed E-state index contributed by atoms with van der Waals surface area (Å²) in [4.78, 5) is 28.7. The molecule has 9 heteroatoms. The quantitative estimate of drug-likeness (QED) is 0.347. The molecule has 2 aromatic rings. The number of amides is 1. The number of carbonyl (C=O) groups excluding carboxylic acids is 1. The number of hydrogen-bond acceptors (Lipinski definition) is 6. The molecular formula is C15H8ClN3O3S2. The van der Waals surface area contributed by atoms with E-state index in [1.165, 1.54) is 17.0 Å². The van der Waals surface area contributed by atoms with E-state index in [2.05, 4.69) is 4.98 Å². The van der Waals surface area contributed by atoms with Crippen LogP contribution in [0.4, 0.5) is 11.4 Å². The Labute approximate surface area is 151 Å². The molecule has 1 aromatic heterocycles. The van der Waals surface area contributed by atoms with Gasteiger partial charge in [-0.25, -0.2) is 0 Å². The Morgan fingerprint density at radius 2 is 2.17 bits per heavy atom. The molecule has 0 saturated carbocycles. The summed E-state index contributed by atoms with van der Waals surface area (Å²) in [5.74, 6) is -0.296. The highest BCUT2D eigenvalue weighted by molar-refractivity contribution is 8.27. The number of rotatable bonds is 3.